The van der Waals surface area contributed by atoms with E-state index in [0.717, 1.165) is 22.9 Å². The third-order valence-corrected chi connectivity index (χ3v) is 4.19. The van der Waals surface area contributed by atoms with Crippen LogP contribution in [0.15, 0.2) is 42.5 Å². The van der Waals surface area contributed by atoms with Gasteiger partial charge in [-0.25, -0.2) is 13.2 Å². The molecule has 1 aromatic heterocycles. The molecular weight excluding hydrogens is 285 g/mol. The number of thiophene rings is 1. The van der Waals surface area contributed by atoms with Gasteiger partial charge in [0.1, 0.15) is 23.6 Å². The zero-order valence-electron chi connectivity index (χ0n) is 10.1. The number of aliphatic hydroxyl groups is 1. The molecule has 0 aliphatic carbocycles. The summed E-state index contributed by atoms with van der Waals surface area (Å²) in [5.41, 5.74) is -0.128. The molecule has 0 fully saturated rings. The highest BCUT2D eigenvalue weighted by Gasteiger charge is 2.18. The first-order chi connectivity index (χ1) is 9.54. The van der Waals surface area contributed by atoms with Crippen molar-refractivity contribution in [1.29, 1.82) is 0 Å². The summed E-state index contributed by atoms with van der Waals surface area (Å²) < 4.78 is 40.7. The Balaban J connectivity index is 2.07. The molecule has 0 spiro atoms. The van der Waals surface area contributed by atoms with Crippen LogP contribution in [0.3, 0.4) is 0 Å². The number of aliphatic hydroxyl groups excluding tert-OH is 1. The summed E-state index contributed by atoms with van der Waals surface area (Å²) in [6.07, 6.45) is -1.27. The predicted octanol–water partition coefficient (Wildman–Crippen LogP) is 4.40. The van der Waals surface area contributed by atoms with Crippen molar-refractivity contribution in [2.24, 2.45) is 0 Å². The summed E-state index contributed by atoms with van der Waals surface area (Å²) in [7, 11) is 0. The Hall–Kier alpha value is -1.85. The number of rotatable bonds is 2. The Morgan fingerprint density at radius 1 is 0.900 bits per heavy atom. The first-order valence-electron chi connectivity index (χ1n) is 5.86. The molecule has 1 heterocycles. The van der Waals surface area contributed by atoms with Gasteiger partial charge < -0.3 is 5.11 Å². The van der Waals surface area contributed by atoms with Crippen LogP contribution in [0.25, 0.3) is 10.1 Å². The maximum Gasteiger partial charge on any atom is 0.129 e. The zero-order chi connectivity index (χ0) is 14.3. The second kappa shape index (κ2) is 4.92. The van der Waals surface area contributed by atoms with Crippen molar-refractivity contribution in [2.75, 3.05) is 0 Å². The van der Waals surface area contributed by atoms with Crippen LogP contribution in [0, 0.1) is 17.5 Å². The first-order valence-corrected chi connectivity index (χ1v) is 6.68. The summed E-state index contributed by atoms with van der Waals surface area (Å²) >= 11 is 1.22. The van der Waals surface area contributed by atoms with Gasteiger partial charge in [-0.1, -0.05) is 0 Å². The van der Waals surface area contributed by atoms with Crippen LogP contribution in [0.1, 0.15) is 16.5 Å². The largest absolute Gasteiger partial charge is 0.383 e. The predicted molar refractivity (Wildman–Crippen MR) is 72.2 cm³/mol. The van der Waals surface area contributed by atoms with Crippen LogP contribution in [0.2, 0.25) is 0 Å². The molecule has 20 heavy (non-hydrogen) atoms. The number of hydrogen-bond acceptors (Lipinski definition) is 2. The van der Waals surface area contributed by atoms with Gasteiger partial charge in [-0.05, 0) is 47.9 Å². The second-order valence-corrected chi connectivity index (χ2v) is 5.51. The Morgan fingerprint density at radius 3 is 2.40 bits per heavy atom. The van der Waals surface area contributed by atoms with Crippen LogP contribution in [-0.4, -0.2) is 5.11 Å². The maximum absolute atomic E-state index is 13.6. The maximum atomic E-state index is 13.6. The van der Waals surface area contributed by atoms with Crippen molar-refractivity contribution in [3.8, 4) is 0 Å². The molecule has 0 amide bonds. The summed E-state index contributed by atoms with van der Waals surface area (Å²) in [5.74, 6) is -1.68. The Labute approximate surface area is 116 Å². The third-order valence-electron chi connectivity index (χ3n) is 3.02. The normalized spacial score (nSPS) is 12.8. The molecule has 0 aliphatic rings. The summed E-state index contributed by atoms with van der Waals surface area (Å²) in [6, 6.07) is 8.75. The van der Waals surface area contributed by atoms with Crippen molar-refractivity contribution in [2.45, 2.75) is 6.10 Å². The number of hydrogen-bond donors (Lipinski definition) is 1. The van der Waals surface area contributed by atoms with Crippen LogP contribution in [-0.2, 0) is 0 Å². The topological polar surface area (TPSA) is 20.2 Å². The summed E-state index contributed by atoms with van der Waals surface area (Å²) in [6.45, 7) is 0. The minimum absolute atomic E-state index is 0.128. The molecule has 0 aliphatic heterocycles. The summed E-state index contributed by atoms with van der Waals surface area (Å²) in [4.78, 5) is 0.440. The lowest BCUT2D eigenvalue weighted by molar-refractivity contribution is 0.218. The SMILES string of the molecule is OC(c1cc2cc(F)ccc2s1)c1cc(F)ccc1F. The number of benzene rings is 2. The molecule has 2 aromatic carbocycles. The molecule has 0 saturated heterocycles. The van der Waals surface area contributed by atoms with Gasteiger partial charge in [-0.3, -0.25) is 0 Å². The van der Waals surface area contributed by atoms with Gasteiger partial charge in [0.25, 0.3) is 0 Å². The van der Waals surface area contributed by atoms with Crippen molar-refractivity contribution in [3.05, 3.63) is 70.4 Å². The Kier molecular flexibility index (Phi) is 3.23. The lowest BCUT2D eigenvalue weighted by Gasteiger charge is -2.09. The van der Waals surface area contributed by atoms with Gasteiger partial charge in [0, 0.05) is 15.1 Å². The van der Waals surface area contributed by atoms with Gasteiger partial charge in [0.2, 0.25) is 0 Å². The second-order valence-electron chi connectivity index (χ2n) is 4.40. The highest BCUT2D eigenvalue weighted by Crippen LogP contribution is 2.34. The van der Waals surface area contributed by atoms with E-state index in [2.05, 4.69) is 0 Å². The van der Waals surface area contributed by atoms with Crippen molar-refractivity contribution < 1.29 is 18.3 Å². The van der Waals surface area contributed by atoms with E-state index in [1.54, 1.807) is 12.1 Å². The average Bonchev–Trinajstić information content (AvgIpc) is 2.83. The molecule has 3 rings (SSSR count). The van der Waals surface area contributed by atoms with Crippen molar-refractivity contribution in [3.63, 3.8) is 0 Å². The van der Waals surface area contributed by atoms with E-state index in [1.165, 1.54) is 23.5 Å². The Bertz CT molecular complexity index is 782. The standard InChI is InChI=1S/C15H9F3OS/c16-9-2-4-13-8(5-9)6-14(20-13)15(19)11-7-10(17)1-3-12(11)18/h1-7,15,19H. The monoisotopic (exact) mass is 294 g/mol. The average molecular weight is 294 g/mol. The van der Waals surface area contributed by atoms with E-state index in [4.69, 9.17) is 0 Å². The zero-order valence-corrected chi connectivity index (χ0v) is 10.9. The van der Waals surface area contributed by atoms with Crippen LogP contribution in [0.4, 0.5) is 13.2 Å². The van der Waals surface area contributed by atoms with Crippen LogP contribution < -0.4 is 0 Å². The first kappa shape index (κ1) is 13.1. The fraction of sp³-hybridized carbons (Fsp3) is 0.0667. The quantitative estimate of drug-likeness (QED) is 0.742. The molecular formula is C15H9F3OS. The van der Waals surface area contributed by atoms with Gasteiger partial charge in [0.15, 0.2) is 0 Å². The molecule has 102 valence electrons. The Morgan fingerprint density at radius 2 is 1.60 bits per heavy atom. The molecule has 1 unspecified atom stereocenters. The minimum Gasteiger partial charge on any atom is -0.383 e. The molecule has 0 bridgehead atoms. The van der Waals surface area contributed by atoms with E-state index in [9.17, 15) is 18.3 Å². The lowest BCUT2D eigenvalue weighted by atomic mass is 10.1. The van der Waals surface area contributed by atoms with E-state index in [0.29, 0.717) is 10.3 Å². The fourth-order valence-corrected chi connectivity index (χ4v) is 3.10. The van der Waals surface area contributed by atoms with Crippen molar-refractivity contribution in [1.82, 2.24) is 0 Å². The van der Waals surface area contributed by atoms with E-state index in [-0.39, 0.29) is 11.4 Å². The highest BCUT2D eigenvalue weighted by atomic mass is 32.1. The smallest absolute Gasteiger partial charge is 0.129 e. The van der Waals surface area contributed by atoms with E-state index < -0.39 is 17.7 Å². The molecule has 5 heteroatoms. The molecule has 1 N–H and O–H groups in total. The van der Waals surface area contributed by atoms with Crippen LogP contribution >= 0.6 is 11.3 Å². The number of fused-ring (bicyclic) bond motifs is 1. The highest BCUT2D eigenvalue weighted by molar-refractivity contribution is 7.19. The molecule has 1 atom stereocenters. The number of halogens is 3. The minimum atomic E-state index is -1.27. The molecule has 0 saturated carbocycles. The van der Waals surface area contributed by atoms with Gasteiger partial charge in [0.05, 0.1) is 0 Å². The molecule has 3 aromatic rings. The van der Waals surface area contributed by atoms with Gasteiger partial charge in [-0.2, -0.15) is 0 Å². The lowest BCUT2D eigenvalue weighted by Crippen LogP contribution is -2.01. The fourth-order valence-electron chi connectivity index (χ4n) is 2.05. The molecule has 1 nitrogen and oxygen atoms in total. The summed E-state index contributed by atoms with van der Waals surface area (Å²) in [5, 5.41) is 10.8. The van der Waals surface area contributed by atoms with E-state index >= 15 is 0 Å². The van der Waals surface area contributed by atoms with Crippen molar-refractivity contribution >= 4 is 21.4 Å². The molecule has 0 radical (unpaired) electrons. The van der Waals surface area contributed by atoms with Gasteiger partial charge in [-0.15, -0.1) is 11.3 Å². The van der Waals surface area contributed by atoms with Crippen LogP contribution in [0.5, 0.6) is 0 Å². The van der Waals surface area contributed by atoms with Gasteiger partial charge >= 0.3 is 0 Å². The van der Waals surface area contributed by atoms with E-state index in [1.807, 2.05) is 0 Å². The third kappa shape index (κ3) is 2.30.